The van der Waals surface area contributed by atoms with Crippen molar-refractivity contribution in [2.75, 3.05) is 13.1 Å². The maximum Gasteiger partial charge on any atom is 0.263 e. The molecule has 8 nitrogen and oxygen atoms in total. The summed E-state index contributed by atoms with van der Waals surface area (Å²) >= 11 is 0. The minimum atomic E-state index is -3.65. The van der Waals surface area contributed by atoms with Gasteiger partial charge in [-0.05, 0) is 43.0 Å². The Hall–Kier alpha value is -3.20. The first-order valence-electron chi connectivity index (χ1n) is 11.3. The number of amidine groups is 1. The number of aliphatic imine (C=N–C) groups is 1. The third-order valence-corrected chi connectivity index (χ3v) is 7.74. The smallest absolute Gasteiger partial charge is 0.263 e. The summed E-state index contributed by atoms with van der Waals surface area (Å²) in [5.74, 6) is 1.10. The monoisotopic (exact) mass is 465 g/mol. The lowest BCUT2D eigenvalue weighted by molar-refractivity contribution is -0.134. The largest absolute Gasteiger partial charge is 0.342 e. The van der Waals surface area contributed by atoms with Crippen molar-refractivity contribution in [1.82, 2.24) is 19.6 Å². The Morgan fingerprint density at radius 1 is 1.15 bits per heavy atom. The van der Waals surface area contributed by atoms with E-state index in [0.29, 0.717) is 18.7 Å². The Bertz CT molecular complexity index is 1310. The van der Waals surface area contributed by atoms with Gasteiger partial charge in [0.25, 0.3) is 10.0 Å². The molecule has 2 N–H and O–H groups in total. The van der Waals surface area contributed by atoms with Gasteiger partial charge in [-0.15, -0.1) is 0 Å². The second kappa shape index (κ2) is 8.30. The molecule has 0 saturated carbocycles. The number of benzene rings is 2. The van der Waals surface area contributed by atoms with Gasteiger partial charge in [-0.25, -0.2) is 13.4 Å². The highest BCUT2D eigenvalue weighted by molar-refractivity contribution is 7.90. The van der Waals surface area contributed by atoms with Crippen molar-refractivity contribution in [2.45, 2.75) is 43.5 Å². The van der Waals surface area contributed by atoms with E-state index in [1.165, 1.54) is 0 Å². The molecular formula is C24H27N5O3S. The third kappa shape index (κ3) is 4.01. The highest BCUT2D eigenvalue weighted by Gasteiger charge is 2.35. The van der Waals surface area contributed by atoms with Gasteiger partial charge in [-0.2, -0.15) is 0 Å². The summed E-state index contributed by atoms with van der Waals surface area (Å²) in [6.45, 7) is 5.09. The first kappa shape index (κ1) is 21.6. The van der Waals surface area contributed by atoms with Crippen LogP contribution < -0.4 is 4.72 Å². The van der Waals surface area contributed by atoms with Gasteiger partial charge in [0.2, 0.25) is 5.91 Å². The summed E-state index contributed by atoms with van der Waals surface area (Å²) in [6.07, 6.45) is 1.84. The number of para-hydroxylation sites is 2. The number of hydrogen-bond acceptors (Lipinski definition) is 5. The van der Waals surface area contributed by atoms with E-state index in [1.807, 2.05) is 43.0 Å². The molecule has 5 rings (SSSR count). The van der Waals surface area contributed by atoms with Crippen molar-refractivity contribution in [1.29, 1.82) is 0 Å². The number of sulfonamides is 1. The van der Waals surface area contributed by atoms with E-state index in [4.69, 9.17) is 4.98 Å². The highest BCUT2D eigenvalue weighted by Crippen LogP contribution is 2.29. The number of aromatic nitrogens is 2. The number of nitrogens with one attached hydrogen (secondary N) is 2. The summed E-state index contributed by atoms with van der Waals surface area (Å²) in [5, 5.41) is 0. The Kier molecular flexibility index (Phi) is 5.44. The molecule has 3 aromatic rings. The van der Waals surface area contributed by atoms with E-state index in [9.17, 15) is 13.2 Å². The van der Waals surface area contributed by atoms with E-state index in [0.717, 1.165) is 29.7 Å². The van der Waals surface area contributed by atoms with Crippen molar-refractivity contribution in [3.05, 3.63) is 59.9 Å². The Morgan fingerprint density at radius 2 is 1.91 bits per heavy atom. The molecule has 2 aliphatic rings. The number of rotatable bonds is 4. The van der Waals surface area contributed by atoms with Gasteiger partial charge >= 0.3 is 0 Å². The van der Waals surface area contributed by atoms with Crippen LogP contribution in [0.2, 0.25) is 0 Å². The van der Waals surface area contributed by atoms with Crippen LogP contribution in [0, 0.1) is 5.92 Å². The van der Waals surface area contributed by atoms with Crippen LogP contribution in [-0.4, -0.2) is 54.2 Å². The topological polar surface area (TPSA) is 108 Å². The third-order valence-electron chi connectivity index (χ3n) is 6.34. The fourth-order valence-corrected chi connectivity index (χ4v) is 5.85. The average molecular weight is 466 g/mol. The zero-order chi connectivity index (χ0) is 23.2. The molecule has 2 aromatic carbocycles. The van der Waals surface area contributed by atoms with Crippen LogP contribution in [0.3, 0.4) is 0 Å². The second-order valence-electron chi connectivity index (χ2n) is 9.03. The molecule has 2 atom stereocenters. The lowest BCUT2D eigenvalue weighted by Gasteiger charge is -2.34. The predicted octanol–water partition coefficient (Wildman–Crippen LogP) is 3.03. The maximum atomic E-state index is 13.6. The molecule has 0 aliphatic carbocycles. The quantitative estimate of drug-likeness (QED) is 0.617. The zero-order valence-corrected chi connectivity index (χ0v) is 19.5. The normalized spacial score (nSPS) is 21.8. The van der Waals surface area contributed by atoms with Crippen LogP contribution >= 0.6 is 0 Å². The van der Waals surface area contributed by atoms with E-state index in [-0.39, 0.29) is 28.5 Å². The number of nitrogens with zero attached hydrogens (tertiary/aromatic N) is 3. The van der Waals surface area contributed by atoms with E-state index >= 15 is 0 Å². The van der Waals surface area contributed by atoms with E-state index in [1.54, 1.807) is 24.3 Å². The van der Waals surface area contributed by atoms with Crippen molar-refractivity contribution in [2.24, 2.45) is 10.9 Å². The molecule has 3 heterocycles. The van der Waals surface area contributed by atoms with Crippen LogP contribution in [-0.2, 0) is 14.8 Å². The summed E-state index contributed by atoms with van der Waals surface area (Å²) in [4.78, 5) is 28.4. The number of carbonyl (C=O) groups excluding carboxylic acids is 1. The molecular weight excluding hydrogens is 438 g/mol. The van der Waals surface area contributed by atoms with Crippen LogP contribution in [0.15, 0.2) is 58.4 Å². The fraction of sp³-hybridized carbons (Fsp3) is 0.375. The summed E-state index contributed by atoms with van der Waals surface area (Å²) < 4.78 is 27.4. The van der Waals surface area contributed by atoms with Gasteiger partial charge in [0.05, 0.1) is 15.9 Å². The number of amides is 1. The van der Waals surface area contributed by atoms with Gasteiger partial charge in [0.15, 0.2) is 0 Å². The molecule has 1 aromatic heterocycles. The van der Waals surface area contributed by atoms with Crippen molar-refractivity contribution in [3.63, 3.8) is 0 Å². The highest BCUT2D eigenvalue weighted by atomic mass is 32.2. The van der Waals surface area contributed by atoms with E-state index < -0.39 is 16.1 Å². The molecule has 2 aliphatic heterocycles. The van der Waals surface area contributed by atoms with Gasteiger partial charge in [0.1, 0.15) is 17.7 Å². The number of hydrogen-bond donors (Lipinski definition) is 2. The van der Waals surface area contributed by atoms with E-state index in [2.05, 4.69) is 14.7 Å². The van der Waals surface area contributed by atoms with Gasteiger partial charge in [-0.3, -0.25) is 14.5 Å². The molecule has 0 spiro atoms. The molecule has 172 valence electrons. The van der Waals surface area contributed by atoms with Crippen molar-refractivity contribution >= 4 is 32.8 Å². The summed E-state index contributed by atoms with van der Waals surface area (Å²) in [7, 11) is -3.65. The number of carbonyl (C=O) groups is 1. The molecule has 1 amide bonds. The lowest BCUT2D eigenvalue weighted by Crippen LogP contribution is -2.46. The average Bonchev–Trinajstić information content (AvgIpc) is 3.36. The van der Waals surface area contributed by atoms with Gasteiger partial charge < -0.3 is 9.88 Å². The molecule has 33 heavy (non-hydrogen) atoms. The number of fused-ring (bicyclic) bond motifs is 2. The molecule has 0 radical (unpaired) electrons. The maximum absolute atomic E-state index is 13.6. The fourth-order valence-electron chi connectivity index (χ4n) is 4.61. The minimum absolute atomic E-state index is 0.0816. The molecule has 1 fully saturated rings. The van der Waals surface area contributed by atoms with Crippen molar-refractivity contribution < 1.29 is 13.2 Å². The van der Waals surface area contributed by atoms with Crippen LogP contribution in [0.1, 0.15) is 44.0 Å². The van der Waals surface area contributed by atoms with Gasteiger partial charge in [-0.1, -0.05) is 38.1 Å². The summed E-state index contributed by atoms with van der Waals surface area (Å²) in [6, 6.07) is 14.0. The minimum Gasteiger partial charge on any atom is -0.342 e. The predicted molar refractivity (Wildman–Crippen MR) is 127 cm³/mol. The van der Waals surface area contributed by atoms with Crippen LogP contribution in [0.4, 0.5) is 0 Å². The lowest BCUT2D eigenvalue weighted by atomic mass is 9.95. The number of H-pyrrole nitrogens is 1. The van der Waals surface area contributed by atoms with Gasteiger partial charge in [0, 0.05) is 24.6 Å². The Labute approximate surface area is 193 Å². The number of aromatic amines is 1. The molecule has 9 heteroatoms. The number of piperidine rings is 1. The summed E-state index contributed by atoms with van der Waals surface area (Å²) in [5.41, 5.74) is 2.43. The second-order valence-corrected chi connectivity index (χ2v) is 10.7. The van der Waals surface area contributed by atoms with Crippen LogP contribution in [0.25, 0.3) is 11.0 Å². The standard InChI is InChI=1S/C24H27N5O3S/c1-15(2)21(27-23-17-9-3-6-12-20(17)33(31,32)28-23)24(30)29-13-7-8-16(14-29)22-25-18-10-4-5-11-19(18)26-22/h3-6,9-12,15-16,21H,7-8,13-14H2,1-2H3,(H,25,26)(H,27,28). The molecule has 1 saturated heterocycles. The first-order chi connectivity index (χ1) is 15.8. The van der Waals surface area contributed by atoms with Crippen molar-refractivity contribution in [3.8, 4) is 0 Å². The number of likely N-dealkylation sites (tertiary alicyclic amines) is 1. The zero-order valence-electron chi connectivity index (χ0n) is 18.7. The molecule has 0 bridgehead atoms. The number of imidazole rings is 1. The first-order valence-corrected chi connectivity index (χ1v) is 12.8. The Balaban J connectivity index is 1.40. The SMILES string of the molecule is CC(C)C(N=C1NS(=O)(=O)c2ccccc21)C(=O)N1CCCC(c2nc3ccccc3[nH]2)C1. The Morgan fingerprint density at radius 3 is 2.70 bits per heavy atom. The molecule has 2 unspecified atom stereocenters. The van der Waals surface area contributed by atoms with Crippen LogP contribution in [0.5, 0.6) is 0 Å².